The van der Waals surface area contributed by atoms with Crippen LogP contribution in [-0.4, -0.2) is 17.7 Å². The smallest absolute Gasteiger partial charge is 0.364 e. The number of rotatable bonds is 1. The Labute approximate surface area is 49.9 Å². The molecule has 0 aromatic heterocycles. The number of nitrogens with zero attached hydrogens (tertiary/aromatic N) is 1. The van der Waals surface area contributed by atoms with Crippen LogP contribution in [0.2, 0.25) is 0 Å². The highest BCUT2D eigenvalue weighted by Crippen LogP contribution is 2.12. The molecule has 0 bridgehead atoms. The third-order valence-electron chi connectivity index (χ3n) is 0.898. The van der Waals surface area contributed by atoms with Crippen LogP contribution in [0.25, 0.3) is 0 Å². The Kier molecular flexibility index (Phi) is 1.18. The van der Waals surface area contributed by atoms with Crippen LogP contribution in [0.4, 0.5) is 0 Å². The minimum absolute atomic E-state index is 0.236. The highest BCUT2D eigenvalue weighted by molar-refractivity contribution is 5.90. The fraction of sp³-hybridized carbons (Fsp3) is 0.250. The predicted octanol–water partition coefficient (Wildman–Crippen LogP) is 0.0792. The number of ether oxygens (including phenoxy) is 1. The van der Waals surface area contributed by atoms with E-state index in [-0.39, 0.29) is 6.61 Å². The topological polar surface area (TPSA) is 76.0 Å². The maximum absolute atomic E-state index is 10.3. The monoisotopic (exact) mass is 129 g/mol. The van der Waals surface area contributed by atoms with E-state index in [9.17, 15) is 9.70 Å². The SMILES string of the molecule is O=NC1=C(O)COC1=O. The van der Waals surface area contributed by atoms with E-state index in [2.05, 4.69) is 9.91 Å². The van der Waals surface area contributed by atoms with E-state index in [0.717, 1.165) is 0 Å². The average Bonchev–Trinajstić information content (AvgIpc) is 2.12. The summed E-state index contributed by atoms with van der Waals surface area (Å²) in [5, 5.41) is 10.9. The minimum atomic E-state index is -0.859. The molecule has 48 valence electrons. The number of carbonyl (C=O) groups is 1. The van der Waals surface area contributed by atoms with Gasteiger partial charge in [-0.05, 0) is 5.18 Å². The van der Waals surface area contributed by atoms with E-state index in [1.165, 1.54) is 0 Å². The van der Waals surface area contributed by atoms with Gasteiger partial charge in [0.25, 0.3) is 0 Å². The van der Waals surface area contributed by atoms with Gasteiger partial charge >= 0.3 is 5.97 Å². The summed E-state index contributed by atoms with van der Waals surface area (Å²) in [6.45, 7) is -0.236. The van der Waals surface area contributed by atoms with Crippen molar-refractivity contribution in [3.8, 4) is 0 Å². The predicted molar refractivity (Wildman–Crippen MR) is 26.4 cm³/mol. The molecule has 1 aliphatic rings. The fourth-order valence-corrected chi connectivity index (χ4v) is 0.478. The lowest BCUT2D eigenvalue weighted by atomic mass is 10.4. The number of carbonyl (C=O) groups excluding carboxylic acids is 1. The lowest BCUT2D eigenvalue weighted by molar-refractivity contribution is -0.136. The van der Waals surface area contributed by atoms with Gasteiger partial charge in [-0.3, -0.25) is 0 Å². The molecule has 0 fully saturated rings. The molecule has 0 saturated carbocycles. The van der Waals surface area contributed by atoms with E-state index in [1.807, 2.05) is 0 Å². The quantitative estimate of drug-likeness (QED) is 0.401. The zero-order valence-corrected chi connectivity index (χ0v) is 4.33. The van der Waals surface area contributed by atoms with Gasteiger partial charge in [0.1, 0.15) is 0 Å². The molecule has 0 aliphatic carbocycles. The van der Waals surface area contributed by atoms with Crippen LogP contribution < -0.4 is 0 Å². The summed E-state index contributed by atoms with van der Waals surface area (Å²) >= 11 is 0. The molecule has 0 atom stereocenters. The summed E-state index contributed by atoms with van der Waals surface area (Å²) < 4.78 is 4.21. The van der Waals surface area contributed by atoms with Crippen molar-refractivity contribution in [2.45, 2.75) is 0 Å². The van der Waals surface area contributed by atoms with Gasteiger partial charge in [0.05, 0.1) is 0 Å². The Morgan fingerprint density at radius 1 is 1.67 bits per heavy atom. The van der Waals surface area contributed by atoms with Gasteiger partial charge in [0.2, 0.25) is 5.70 Å². The third-order valence-corrected chi connectivity index (χ3v) is 0.898. The van der Waals surface area contributed by atoms with E-state index >= 15 is 0 Å². The van der Waals surface area contributed by atoms with Gasteiger partial charge in [-0.1, -0.05) is 0 Å². The van der Waals surface area contributed by atoms with Crippen molar-refractivity contribution >= 4 is 5.97 Å². The second-order valence-corrected chi connectivity index (χ2v) is 1.46. The van der Waals surface area contributed by atoms with Crippen LogP contribution in [-0.2, 0) is 9.53 Å². The number of esters is 1. The van der Waals surface area contributed by atoms with Crippen molar-refractivity contribution in [2.24, 2.45) is 5.18 Å². The first-order valence-corrected chi connectivity index (χ1v) is 2.18. The maximum Gasteiger partial charge on any atom is 0.364 e. The van der Waals surface area contributed by atoms with Gasteiger partial charge in [-0.25, -0.2) is 4.79 Å². The molecular weight excluding hydrogens is 126 g/mol. The van der Waals surface area contributed by atoms with Crippen LogP contribution in [0.15, 0.2) is 16.6 Å². The van der Waals surface area contributed by atoms with Gasteiger partial charge < -0.3 is 9.84 Å². The summed E-state index contributed by atoms with van der Waals surface area (Å²) in [6, 6.07) is 0. The summed E-state index contributed by atoms with van der Waals surface area (Å²) in [5.41, 5.74) is -0.519. The first kappa shape index (κ1) is 5.74. The summed E-state index contributed by atoms with van der Waals surface area (Å²) in [4.78, 5) is 19.9. The molecule has 1 rings (SSSR count). The number of cyclic esters (lactones) is 1. The molecule has 1 heterocycles. The van der Waals surface area contributed by atoms with Crippen molar-refractivity contribution in [1.29, 1.82) is 0 Å². The van der Waals surface area contributed by atoms with Gasteiger partial charge in [0, 0.05) is 0 Å². The van der Waals surface area contributed by atoms with Gasteiger partial charge in [-0.2, -0.15) is 0 Å². The number of aliphatic hydroxyl groups excluding tert-OH is 1. The summed E-state index contributed by atoms with van der Waals surface area (Å²) in [7, 11) is 0. The molecule has 0 saturated heterocycles. The fourth-order valence-electron chi connectivity index (χ4n) is 0.478. The Bertz CT molecular complexity index is 195. The molecule has 0 aromatic carbocycles. The molecular formula is C4H3NO4. The van der Waals surface area contributed by atoms with E-state index in [4.69, 9.17) is 5.11 Å². The van der Waals surface area contributed by atoms with E-state index < -0.39 is 17.4 Å². The highest BCUT2D eigenvalue weighted by atomic mass is 16.6. The van der Waals surface area contributed by atoms with Crippen molar-refractivity contribution in [3.63, 3.8) is 0 Å². The van der Waals surface area contributed by atoms with Crippen LogP contribution in [0.3, 0.4) is 0 Å². The second kappa shape index (κ2) is 1.85. The lowest BCUT2D eigenvalue weighted by Crippen LogP contribution is -1.95. The number of hydrogen-bond donors (Lipinski definition) is 1. The molecule has 0 unspecified atom stereocenters. The van der Waals surface area contributed by atoms with Crippen molar-refractivity contribution in [2.75, 3.05) is 6.61 Å². The summed E-state index contributed by atoms with van der Waals surface area (Å²) in [5.74, 6) is -1.25. The molecule has 1 aliphatic heterocycles. The lowest BCUT2D eigenvalue weighted by Gasteiger charge is -1.84. The standard InChI is InChI=1S/C4H3NO4/c6-2-1-9-4(7)3(2)5-8/h6H,1H2. The Morgan fingerprint density at radius 2 is 2.33 bits per heavy atom. The zero-order chi connectivity index (χ0) is 6.85. The number of hydrogen-bond acceptors (Lipinski definition) is 5. The first-order chi connectivity index (χ1) is 4.25. The molecule has 1 N–H and O–H groups in total. The van der Waals surface area contributed by atoms with Crippen molar-refractivity contribution in [1.82, 2.24) is 0 Å². The number of aliphatic hydroxyl groups is 1. The highest BCUT2D eigenvalue weighted by Gasteiger charge is 2.25. The molecule has 0 radical (unpaired) electrons. The molecule has 5 nitrogen and oxygen atoms in total. The Hall–Kier alpha value is -1.39. The van der Waals surface area contributed by atoms with Crippen LogP contribution in [0, 0.1) is 4.91 Å². The maximum atomic E-state index is 10.3. The molecule has 0 amide bonds. The van der Waals surface area contributed by atoms with Crippen molar-refractivity contribution < 1.29 is 14.6 Å². The van der Waals surface area contributed by atoms with Crippen LogP contribution >= 0.6 is 0 Å². The first-order valence-electron chi connectivity index (χ1n) is 2.18. The number of nitroso groups, excluding NO2 is 1. The summed E-state index contributed by atoms with van der Waals surface area (Å²) in [6.07, 6.45) is 0. The molecule has 5 heteroatoms. The largest absolute Gasteiger partial charge is 0.506 e. The molecule has 0 spiro atoms. The van der Waals surface area contributed by atoms with Gasteiger partial charge in [0.15, 0.2) is 12.4 Å². The van der Waals surface area contributed by atoms with Gasteiger partial charge in [-0.15, -0.1) is 4.91 Å². The second-order valence-electron chi connectivity index (χ2n) is 1.46. The van der Waals surface area contributed by atoms with E-state index in [0.29, 0.717) is 0 Å². The molecule has 0 aromatic rings. The van der Waals surface area contributed by atoms with Crippen molar-refractivity contribution in [3.05, 3.63) is 16.4 Å². The zero-order valence-electron chi connectivity index (χ0n) is 4.33. The average molecular weight is 129 g/mol. The minimum Gasteiger partial charge on any atom is -0.506 e. The Balaban J connectivity index is 2.94. The molecule has 9 heavy (non-hydrogen) atoms. The third kappa shape index (κ3) is 0.758. The normalized spacial score (nSPS) is 18.0. The van der Waals surface area contributed by atoms with Crippen LogP contribution in [0.5, 0.6) is 0 Å². The van der Waals surface area contributed by atoms with Crippen LogP contribution in [0.1, 0.15) is 0 Å². The Morgan fingerprint density at radius 3 is 2.56 bits per heavy atom. The van der Waals surface area contributed by atoms with E-state index in [1.54, 1.807) is 0 Å².